The van der Waals surface area contributed by atoms with Crippen LogP contribution in [0.3, 0.4) is 0 Å². The van der Waals surface area contributed by atoms with E-state index in [1.165, 1.54) is 0 Å². The molecule has 0 aliphatic carbocycles. The summed E-state index contributed by atoms with van der Waals surface area (Å²) in [6.45, 7) is 0. The molecule has 2 atom stereocenters. The molecule has 0 bridgehead atoms. The van der Waals surface area contributed by atoms with Gasteiger partial charge < -0.3 is 0 Å². The number of rotatable bonds is 4. The van der Waals surface area contributed by atoms with Crippen LogP contribution in [-0.4, -0.2) is 12.7 Å². The van der Waals surface area contributed by atoms with Crippen molar-refractivity contribution < 1.29 is 8.42 Å². The summed E-state index contributed by atoms with van der Waals surface area (Å²) in [6, 6.07) is 28.0. The van der Waals surface area contributed by atoms with Crippen LogP contribution in [0.2, 0.25) is 0 Å². The standard InChI is InChI=1S/C20H17NO2S/c22-24(23,18-14-8-3-9-15-18)21-19(16-10-4-1-5-11-16)20(21)17-12-6-2-7-13-17/h1-15,19-20H/t19-,20-/m0/s1. The van der Waals surface area contributed by atoms with E-state index in [-0.39, 0.29) is 12.1 Å². The molecule has 0 saturated carbocycles. The Balaban J connectivity index is 1.78. The fourth-order valence-corrected chi connectivity index (χ4v) is 4.95. The van der Waals surface area contributed by atoms with E-state index < -0.39 is 10.0 Å². The van der Waals surface area contributed by atoms with Crippen LogP contribution >= 0.6 is 0 Å². The van der Waals surface area contributed by atoms with Crippen molar-refractivity contribution in [3.63, 3.8) is 0 Å². The molecule has 1 heterocycles. The second-order valence-corrected chi connectivity index (χ2v) is 7.70. The first-order valence-electron chi connectivity index (χ1n) is 7.88. The smallest absolute Gasteiger partial charge is 0.207 e. The first-order valence-corrected chi connectivity index (χ1v) is 9.32. The molecule has 24 heavy (non-hydrogen) atoms. The average molecular weight is 335 g/mol. The van der Waals surface area contributed by atoms with Gasteiger partial charge in [0.05, 0.1) is 17.0 Å². The van der Waals surface area contributed by atoms with E-state index in [1.54, 1.807) is 28.6 Å². The van der Waals surface area contributed by atoms with Crippen LogP contribution in [0.4, 0.5) is 0 Å². The van der Waals surface area contributed by atoms with Crippen molar-refractivity contribution in [2.24, 2.45) is 0 Å². The molecule has 0 aromatic heterocycles. The van der Waals surface area contributed by atoms with Crippen LogP contribution in [0.5, 0.6) is 0 Å². The zero-order valence-electron chi connectivity index (χ0n) is 13.0. The summed E-state index contributed by atoms with van der Waals surface area (Å²) >= 11 is 0. The summed E-state index contributed by atoms with van der Waals surface area (Å²) in [7, 11) is -3.53. The van der Waals surface area contributed by atoms with Crippen molar-refractivity contribution in [2.75, 3.05) is 0 Å². The number of hydrogen-bond donors (Lipinski definition) is 0. The Morgan fingerprint density at radius 3 is 1.38 bits per heavy atom. The minimum Gasteiger partial charge on any atom is -0.207 e. The SMILES string of the molecule is O=S(=O)(c1ccccc1)N1[C@@H](c2ccccc2)[C@@H]1c1ccccc1. The van der Waals surface area contributed by atoms with Gasteiger partial charge in [-0.3, -0.25) is 0 Å². The number of benzene rings is 3. The molecule has 1 fully saturated rings. The minimum atomic E-state index is -3.53. The molecule has 4 rings (SSSR count). The highest BCUT2D eigenvalue weighted by Crippen LogP contribution is 2.57. The first kappa shape index (κ1) is 15.1. The lowest BCUT2D eigenvalue weighted by Gasteiger charge is -2.07. The molecule has 0 spiro atoms. The van der Waals surface area contributed by atoms with Crippen molar-refractivity contribution in [1.29, 1.82) is 0 Å². The van der Waals surface area contributed by atoms with Gasteiger partial charge in [0.2, 0.25) is 10.0 Å². The van der Waals surface area contributed by atoms with E-state index >= 15 is 0 Å². The van der Waals surface area contributed by atoms with Crippen LogP contribution < -0.4 is 0 Å². The lowest BCUT2D eigenvalue weighted by atomic mass is 10.0. The lowest BCUT2D eigenvalue weighted by Crippen LogP contribution is -2.13. The zero-order valence-corrected chi connectivity index (χ0v) is 13.8. The van der Waals surface area contributed by atoms with Crippen LogP contribution in [0.25, 0.3) is 0 Å². The van der Waals surface area contributed by atoms with E-state index in [1.807, 2.05) is 66.7 Å². The molecule has 1 aliphatic rings. The van der Waals surface area contributed by atoms with E-state index in [4.69, 9.17) is 0 Å². The monoisotopic (exact) mass is 335 g/mol. The summed E-state index contributed by atoms with van der Waals surface area (Å²) in [5.41, 5.74) is 2.04. The molecule has 1 saturated heterocycles. The molecule has 0 radical (unpaired) electrons. The molecule has 120 valence electrons. The molecular formula is C20H17NO2S. The number of hydrogen-bond acceptors (Lipinski definition) is 2. The molecule has 3 aromatic rings. The largest absolute Gasteiger partial charge is 0.244 e. The van der Waals surface area contributed by atoms with Gasteiger partial charge in [0.1, 0.15) is 0 Å². The van der Waals surface area contributed by atoms with Gasteiger partial charge in [0, 0.05) is 0 Å². The van der Waals surface area contributed by atoms with Gasteiger partial charge >= 0.3 is 0 Å². The highest BCUT2D eigenvalue weighted by Gasteiger charge is 2.56. The molecule has 4 heteroatoms. The van der Waals surface area contributed by atoms with E-state index in [0.29, 0.717) is 4.90 Å². The van der Waals surface area contributed by atoms with E-state index in [0.717, 1.165) is 11.1 Å². The lowest BCUT2D eigenvalue weighted by molar-refractivity contribution is 0.547. The average Bonchev–Trinajstić information content (AvgIpc) is 3.41. The Morgan fingerprint density at radius 2 is 0.958 bits per heavy atom. The Bertz CT molecular complexity index is 880. The third kappa shape index (κ3) is 2.54. The molecule has 0 amide bonds. The van der Waals surface area contributed by atoms with Gasteiger partial charge in [0.15, 0.2) is 0 Å². The second kappa shape index (κ2) is 5.89. The second-order valence-electron chi connectivity index (χ2n) is 5.86. The summed E-state index contributed by atoms with van der Waals surface area (Å²) in [4.78, 5) is 0.337. The maximum atomic E-state index is 13.1. The third-order valence-electron chi connectivity index (χ3n) is 4.36. The molecule has 3 aromatic carbocycles. The van der Waals surface area contributed by atoms with Gasteiger partial charge in [-0.1, -0.05) is 78.9 Å². The summed E-state index contributed by atoms with van der Waals surface area (Å²) in [5.74, 6) is 0. The number of sulfonamides is 1. The van der Waals surface area contributed by atoms with Crippen molar-refractivity contribution >= 4 is 10.0 Å². The van der Waals surface area contributed by atoms with Crippen LogP contribution in [0, 0.1) is 0 Å². The topological polar surface area (TPSA) is 37.1 Å². The van der Waals surface area contributed by atoms with Gasteiger partial charge in [-0.2, -0.15) is 4.31 Å². The fourth-order valence-electron chi connectivity index (χ4n) is 3.18. The number of nitrogens with zero attached hydrogens (tertiary/aromatic N) is 1. The van der Waals surface area contributed by atoms with Crippen LogP contribution in [-0.2, 0) is 10.0 Å². The molecule has 1 aliphatic heterocycles. The van der Waals surface area contributed by atoms with Gasteiger partial charge in [-0.15, -0.1) is 0 Å². The Hall–Kier alpha value is -2.43. The Labute approximate surface area is 142 Å². The summed E-state index contributed by atoms with van der Waals surface area (Å²) < 4.78 is 27.8. The predicted molar refractivity (Wildman–Crippen MR) is 93.8 cm³/mol. The van der Waals surface area contributed by atoms with Gasteiger partial charge in [-0.05, 0) is 23.3 Å². The molecule has 0 unspecified atom stereocenters. The zero-order chi connectivity index (χ0) is 16.6. The van der Waals surface area contributed by atoms with Crippen molar-refractivity contribution in [1.82, 2.24) is 4.31 Å². The Kier molecular flexibility index (Phi) is 3.71. The molecule has 3 nitrogen and oxygen atoms in total. The van der Waals surface area contributed by atoms with Gasteiger partial charge in [-0.25, -0.2) is 8.42 Å². The van der Waals surface area contributed by atoms with Crippen molar-refractivity contribution in [3.05, 3.63) is 102 Å². The fraction of sp³-hybridized carbons (Fsp3) is 0.100. The van der Waals surface area contributed by atoms with Crippen LogP contribution in [0.1, 0.15) is 23.2 Å². The van der Waals surface area contributed by atoms with E-state index in [9.17, 15) is 8.42 Å². The Morgan fingerprint density at radius 1 is 0.583 bits per heavy atom. The first-order chi connectivity index (χ1) is 11.7. The molecular weight excluding hydrogens is 318 g/mol. The highest BCUT2D eigenvalue weighted by molar-refractivity contribution is 7.89. The van der Waals surface area contributed by atoms with Crippen molar-refractivity contribution in [3.8, 4) is 0 Å². The van der Waals surface area contributed by atoms with Gasteiger partial charge in [0.25, 0.3) is 0 Å². The summed E-state index contributed by atoms with van der Waals surface area (Å²) in [5, 5.41) is 0. The quantitative estimate of drug-likeness (QED) is 0.671. The maximum Gasteiger partial charge on any atom is 0.244 e. The highest BCUT2D eigenvalue weighted by atomic mass is 32.2. The molecule has 0 N–H and O–H groups in total. The minimum absolute atomic E-state index is 0.154. The van der Waals surface area contributed by atoms with Crippen molar-refractivity contribution in [2.45, 2.75) is 17.0 Å². The van der Waals surface area contributed by atoms with E-state index in [2.05, 4.69) is 0 Å². The summed E-state index contributed by atoms with van der Waals surface area (Å²) in [6.07, 6.45) is 0. The normalized spacial score (nSPS) is 22.9. The van der Waals surface area contributed by atoms with Crippen LogP contribution in [0.15, 0.2) is 95.9 Å². The maximum absolute atomic E-state index is 13.1. The third-order valence-corrected chi connectivity index (χ3v) is 6.24. The predicted octanol–water partition coefficient (Wildman–Crippen LogP) is 4.17.